The molecule has 1 aromatic heterocycles. The number of nitrogens with one attached hydrogen (secondary N) is 1. The monoisotopic (exact) mass is 486 g/mol. The van der Waals surface area contributed by atoms with Gasteiger partial charge in [-0.15, -0.1) is 0 Å². The molecule has 180 valence electrons. The van der Waals surface area contributed by atoms with Crippen molar-refractivity contribution in [1.29, 1.82) is 0 Å². The van der Waals surface area contributed by atoms with Crippen molar-refractivity contribution in [3.8, 4) is 0 Å². The Labute approximate surface area is 203 Å². The second kappa shape index (κ2) is 8.73. The number of aromatic nitrogens is 2. The highest BCUT2D eigenvalue weighted by Crippen LogP contribution is 2.61. The van der Waals surface area contributed by atoms with Crippen LogP contribution in [0.25, 0.3) is 0 Å². The molecule has 1 N–H and O–H groups in total. The minimum absolute atomic E-state index is 0.0699. The first-order valence-electron chi connectivity index (χ1n) is 12.1. The largest absolute Gasteiger partial charge is 0.349 e. The third-order valence-corrected chi connectivity index (χ3v) is 7.91. The number of ether oxygens (including phenoxy) is 2. The maximum absolute atomic E-state index is 14.6. The van der Waals surface area contributed by atoms with E-state index < -0.39 is 12.1 Å². The van der Waals surface area contributed by atoms with E-state index in [0.29, 0.717) is 35.6 Å². The second-order valence-electron chi connectivity index (χ2n) is 10.1. The van der Waals surface area contributed by atoms with E-state index in [4.69, 9.17) is 21.1 Å². The van der Waals surface area contributed by atoms with E-state index >= 15 is 0 Å². The molecular weight excluding hydrogens is 459 g/mol. The van der Waals surface area contributed by atoms with Crippen LogP contribution in [-0.4, -0.2) is 48.2 Å². The molecule has 3 heterocycles. The normalized spacial score (nSPS) is 29.3. The number of piperidine rings is 1. The van der Waals surface area contributed by atoms with Gasteiger partial charge in [-0.05, 0) is 56.1 Å². The average Bonchev–Trinajstić information content (AvgIpc) is 3.78. The van der Waals surface area contributed by atoms with Gasteiger partial charge >= 0.3 is 0 Å². The molecule has 2 aromatic rings. The molecule has 1 spiro atoms. The summed E-state index contributed by atoms with van der Waals surface area (Å²) < 4.78 is 26.7. The van der Waals surface area contributed by atoms with Crippen LogP contribution >= 0.6 is 11.6 Å². The predicted molar refractivity (Wildman–Crippen MR) is 124 cm³/mol. The van der Waals surface area contributed by atoms with Gasteiger partial charge in [-0.25, -0.2) is 14.4 Å². The molecule has 4 aliphatic rings. The van der Waals surface area contributed by atoms with Crippen molar-refractivity contribution in [2.45, 2.75) is 44.4 Å². The Morgan fingerprint density at radius 2 is 1.82 bits per heavy atom. The Kier molecular flexibility index (Phi) is 5.70. The van der Waals surface area contributed by atoms with Crippen LogP contribution in [0, 0.1) is 23.1 Å². The number of nitrogens with zero attached hydrogens (tertiary/aromatic N) is 3. The maximum Gasteiger partial charge on any atom is 0.254 e. The zero-order valence-corrected chi connectivity index (χ0v) is 19.6. The first kappa shape index (κ1) is 22.2. The van der Waals surface area contributed by atoms with Crippen LogP contribution in [-0.2, 0) is 9.47 Å². The minimum Gasteiger partial charge on any atom is -0.349 e. The van der Waals surface area contributed by atoms with Crippen LogP contribution in [0.2, 0.25) is 5.02 Å². The number of hydrogen-bond donors (Lipinski definition) is 1. The van der Waals surface area contributed by atoms with Gasteiger partial charge < -0.3 is 19.7 Å². The van der Waals surface area contributed by atoms with Crippen molar-refractivity contribution in [1.82, 2.24) is 15.3 Å². The lowest BCUT2D eigenvalue weighted by atomic mass is 9.87. The van der Waals surface area contributed by atoms with Crippen LogP contribution in [0.1, 0.15) is 54.3 Å². The minimum atomic E-state index is -0.592. The third kappa shape index (κ3) is 4.39. The molecule has 0 unspecified atom stereocenters. The third-order valence-electron chi connectivity index (χ3n) is 7.72. The second-order valence-corrected chi connectivity index (χ2v) is 10.6. The fraction of sp³-hybridized carbons (Fsp3) is 0.560. The summed E-state index contributed by atoms with van der Waals surface area (Å²) >= 11 is 5.90. The molecular formula is C25H28ClFN4O3. The highest BCUT2D eigenvalue weighted by molar-refractivity contribution is 6.30. The van der Waals surface area contributed by atoms with Gasteiger partial charge in [-0.3, -0.25) is 4.79 Å². The van der Waals surface area contributed by atoms with Gasteiger partial charge in [-0.1, -0.05) is 17.7 Å². The van der Waals surface area contributed by atoms with Crippen molar-refractivity contribution < 1.29 is 18.7 Å². The van der Waals surface area contributed by atoms with E-state index in [1.807, 2.05) is 0 Å². The Morgan fingerprint density at radius 1 is 1.12 bits per heavy atom. The number of hydrogen-bond acceptors (Lipinski definition) is 6. The zero-order chi connectivity index (χ0) is 23.3. The number of anilines is 1. The maximum atomic E-state index is 14.6. The average molecular weight is 487 g/mol. The van der Waals surface area contributed by atoms with Gasteiger partial charge in [0.25, 0.3) is 5.91 Å². The Balaban J connectivity index is 1.01. The van der Waals surface area contributed by atoms with Crippen LogP contribution < -0.4 is 10.2 Å². The number of amides is 1. The molecule has 2 aliphatic carbocycles. The number of rotatable bonds is 5. The summed E-state index contributed by atoms with van der Waals surface area (Å²) in [5, 5.41) is 3.37. The van der Waals surface area contributed by atoms with E-state index in [-0.39, 0.29) is 22.9 Å². The fourth-order valence-electron chi connectivity index (χ4n) is 5.47. The molecule has 1 amide bonds. The Morgan fingerprint density at radius 3 is 2.47 bits per heavy atom. The first-order valence-corrected chi connectivity index (χ1v) is 12.4. The summed E-state index contributed by atoms with van der Waals surface area (Å²) in [6.07, 6.45) is 7.92. The van der Waals surface area contributed by atoms with Gasteiger partial charge in [0.2, 0.25) is 5.95 Å². The van der Waals surface area contributed by atoms with Crippen molar-refractivity contribution in [2.75, 3.05) is 31.2 Å². The van der Waals surface area contributed by atoms with Gasteiger partial charge in [0.15, 0.2) is 6.29 Å². The van der Waals surface area contributed by atoms with E-state index in [1.54, 1.807) is 18.5 Å². The molecule has 4 fully saturated rings. The number of carbonyl (C=O) groups is 1. The predicted octanol–water partition coefficient (Wildman–Crippen LogP) is 4.13. The van der Waals surface area contributed by atoms with Gasteiger partial charge in [0, 0.05) is 30.1 Å². The summed E-state index contributed by atoms with van der Waals surface area (Å²) in [5.74, 6) is 1.07. The lowest BCUT2D eigenvalue weighted by Crippen LogP contribution is -2.37. The van der Waals surface area contributed by atoms with Crippen molar-refractivity contribution in [3.05, 3.63) is 52.6 Å². The van der Waals surface area contributed by atoms with Gasteiger partial charge in [-0.2, -0.15) is 0 Å². The summed E-state index contributed by atoms with van der Waals surface area (Å²) in [6, 6.07) is 4.81. The molecule has 34 heavy (non-hydrogen) atoms. The quantitative estimate of drug-likeness (QED) is 0.684. The standard InChI is InChI=1S/C25H28ClFN4O3/c26-17-11-28-24(29-12-17)31-7-5-15(6-8-31)20-10-25(20)13-33-23(34-14-25)16-1-4-19(21(27)9-16)22(32)30-18-2-3-18/h1,4,9,11-12,15,18,20,23H,2-3,5-8,10,13-14H2,(H,30,32)/t20-,23-,25-/m1/s1. The SMILES string of the molecule is O=C(NC1CC1)c1ccc([C@H]2OC[C@]3(CO2)C[C@@H]3C2CCN(c3ncc(Cl)cn3)CC2)cc1F. The van der Waals surface area contributed by atoms with E-state index in [1.165, 1.54) is 12.1 Å². The van der Waals surface area contributed by atoms with E-state index in [0.717, 1.165) is 51.1 Å². The van der Waals surface area contributed by atoms with Gasteiger partial charge in [0.1, 0.15) is 5.82 Å². The van der Waals surface area contributed by atoms with E-state index in [9.17, 15) is 9.18 Å². The van der Waals surface area contributed by atoms with Crippen LogP contribution in [0.15, 0.2) is 30.6 Å². The molecule has 0 bridgehead atoms. The molecule has 0 radical (unpaired) electrons. The molecule has 9 heteroatoms. The zero-order valence-electron chi connectivity index (χ0n) is 18.9. The van der Waals surface area contributed by atoms with Gasteiger partial charge in [0.05, 0.1) is 36.2 Å². The highest BCUT2D eigenvalue weighted by Gasteiger charge is 2.59. The lowest BCUT2D eigenvalue weighted by Gasteiger charge is -2.35. The molecule has 2 saturated heterocycles. The molecule has 6 rings (SSSR count). The Hall–Kier alpha value is -2.29. The van der Waals surface area contributed by atoms with Crippen molar-refractivity contribution in [2.24, 2.45) is 17.3 Å². The summed E-state index contributed by atoms with van der Waals surface area (Å²) in [5.41, 5.74) is 0.757. The molecule has 1 aromatic carbocycles. The van der Waals surface area contributed by atoms with Crippen LogP contribution in [0.5, 0.6) is 0 Å². The lowest BCUT2D eigenvalue weighted by molar-refractivity contribution is -0.216. The van der Waals surface area contributed by atoms with Crippen molar-refractivity contribution >= 4 is 23.5 Å². The molecule has 7 nitrogen and oxygen atoms in total. The first-order chi connectivity index (χ1) is 16.5. The topological polar surface area (TPSA) is 76.6 Å². The smallest absolute Gasteiger partial charge is 0.254 e. The summed E-state index contributed by atoms with van der Waals surface area (Å²) in [6.45, 7) is 3.11. The number of carbonyl (C=O) groups excluding carboxylic acids is 1. The summed E-state index contributed by atoms with van der Waals surface area (Å²) in [7, 11) is 0. The molecule has 1 atom stereocenters. The Bertz CT molecular complexity index is 1060. The fourth-order valence-corrected chi connectivity index (χ4v) is 5.56. The number of benzene rings is 1. The molecule has 2 saturated carbocycles. The summed E-state index contributed by atoms with van der Waals surface area (Å²) in [4.78, 5) is 23.1. The number of halogens is 2. The molecule has 2 aliphatic heterocycles. The van der Waals surface area contributed by atoms with E-state index in [2.05, 4.69) is 20.2 Å². The van der Waals surface area contributed by atoms with Crippen LogP contribution in [0.4, 0.5) is 10.3 Å². The van der Waals surface area contributed by atoms with Crippen molar-refractivity contribution in [3.63, 3.8) is 0 Å². The van der Waals surface area contributed by atoms with Crippen LogP contribution in [0.3, 0.4) is 0 Å². The highest BCUT2D eigenvalue weighted by atomic mass is 35.5.